The van der Waals surface area contributed by atoms with Crippen molar-refractivity contribution in [3.8, 4) is 0 Å². The van der Waals surface area contributed by atoms with Crippen molar-refractivity contribution in [3.05, 3.63) is 29.3 Å². The molecule has 0 amide bonds. The van der Waals surface area contributed by atoms with Crippen molar-refractivity contribution < 1.29 is 23.4 Å². The Labute approximate surface area is 109 Å². The van der Waals surface area contributed by atoms with E-state index in [1.54, 1.807) is 7.11 Å². The Morgan fingerprint density at radius 3 is 2.58 bits per heavy atom. The molecule has 104 valence electrons. The first-order valence-electron chi connectivity index (χ1n) is 5.99. The number of halogens is 2. The van der Waals surface area contributed by atoms with Gasteiger partial charge >= 0.3 is 5.97 Å². The van der Waals surface area contributed by atoms with Gasteiger partial charge in [-0.25, -0.2) is 13.6 Å². The van der Waals surface area contributed by atoms with Crippen molar-refractivity contribution in [2.45, 2.75) is 24.9 Å². The highest BCUT2D eigenvalue weighted by Crippen LogP contribution is 2.35. The van der Waals surface area contributed by atoms with E-state index >= 15 is 0 Å². The minimum Gasteiger partial charge on any atom is -0.478 e. The zero-order valence-corrected chi connectivity index (χ0v) is 10.5. The third-order valence-electron chi connectivity index (χ3n) is 3.61. The van der Waals surface area contributed by atoms with Crippen LogP contribution < -0.4 is 5.32 Å². The Kier molecular flexibility index (Phi) is 3.71. The van der Waals surface area contributed by atoms with Crippen LogP contribution in [0.4, 0.5) is 14.5 Å². The number of carbonyl (C=O) groups is 1. The van der Waals surface area contributed by atoms with Crippen LogP contribution >= 0.6 is 0 Å². The molecule has 0 radical (unpaired) electrons. The summed E-state index contributed by atoms with van der Waals surface area (Å²) in [5.41, 5.74) is -1.05. The highest BCUT2D eigenvalue weighted by atomic mass is 19.2. The Balaban J connectivity index is 2.13. The molecule has 0 unspecified atom stereocenters. The molecule has 1 fully saturated rings. The van der Waals surface area contributed by atoms with Gasteiger partial charge < -0.3 is 15.2 Å². The van der Waals surface area contributed by atoms with E-state index in [1.165, 1.54) is 6.07 Å². The maximum atomic E-state index is 13.7. The molecule has 4 nitrogen and oxygen atoms in total. The summed E-state index contributed by atoms with van der Waals surface area (Å²) in [5.74, 6) is -4.02. The zero-order valence-electron chi connectivity index (χ0n) is 10.5. The number of methoxy groups -OCH3 is 1. The fourth-order valence-corrected chi connectivity index (χ4v) is 2.13. The Morgan fingerprint density at radius 2 is 2.11 bits per heavy atom. The van der Waals surface area contributed by atoms with Gasteiger partial charge in [-0.05, 0) is 31.4 Å². The fourth-order valence-electron chi connectivity index (χ4n) is 2.13. The molecule has 19 heavy (non-hydrogen) atoms. The van der Waals surface area contributed by atoms with Crippen LogP contribution in [0.15, 0.2) is 12.1 Å². The standard InChI is InChI=1S/C13H15F2NO3/c1-19-13(5-2-6-13)7-16-9-4-3-8(12(17)18)10(14)11(9)15/h3-4,16H,2,5-7H2,1H3,(H,17,18). The Bertz CT molecular complexity index is 495. The number of aromatic carboxylic acids is 1. The predicted octanol–water partition coefficient (Wildman–Crippen LogP) is 2.64. The van der Waals surface area contributed by atoms with Crippen molar-refractivity contribution in [2.24, 2.45) is 0 Å². The lowest BCUT2D eigenvalue weighted by Gasteiger charge is -2.40. The molecule has 1 aromatic carbocycles. The summed E-state index contributed by atoms with van der Waals surface area (Å²) in [7, 11) is 1.59. The average Bonchev–Trinajstić information content (AvgIpc) is 2.33. The first-order valence-corrected chi connectivity index (χ1v) is 5.99. The second-order valence-corrected chi connectivity index (χ2v) is 4.69. The minimum atomic E-state index is -1.49. The number of hydrogen-bond donors (Lipinski definition) is 2. The molecule has 0 saturated heterocycles. The van der Waals surface area contributed by atoms with E-state index < -0.39 is 23.2 Å². The first-order chi connectivity index (χ1) is 8.99. The van der Waals surface area contributed by atoms with Crippen LogP contribution in [0.5, 0.6) is 0 Å². The van der Waals surface area contributed by atoms with Gasteiger partial charge in [0.1, 0.15) is 0 Å². The van der Waals surface area contributed by atoms with E-state index in [9.17, 15) is 13.6 Å². The molecule has 2 N–H and O–H groups in total. The molecule has 0 bridgehead atoms. The number of anilines is 1. The molecule has 6 heteroatoms. The van der Waals surface area contributed by atoms with Gasteiger partial charge in [0.2, 0.25) is 0 Å². The summed E-state index contributed by atoms with van der Waals surface area (Å²) in [6, 6.07) is 2.27. The van der Waals surface area contributed by atoms with Gasteiger partial charge in [-0.15, -0.1) is 0 Å². The van der Waals surface area contributed by atoms with Gasteiger partial charge in [-0.1, -0.05) is 0 Å². The van der Waals surface area contributed by atoms with Gasteiger partial charge in [0.15, 0.2) is 11.6 Å². The van der Waals surface area contributed by atoms with Crippen molar-refractivity contribution in [1.82, 2.24) is 0 Å². The summed E-state index contributed by atoms with van der Waals surface area (Å²) in [6.07, 6.45) is 2.78. The third-order valence-corrected chi connectivity index (χ3v) is 3.61. The molecule has 2 rings (SSSR count). The van der Waals surface area contributed by atoms with Crippen LogP contribution in [-0.2, 0) is 4.74 Å². The Hall–Kier alpha value is -1.69. The number of rotatable bonds is 5. The maximum Gasteiger partial charge on any atom is 0.338 e. The van der Waals surface area contributed by atoms with E-state index in [0.29, 0.717) is 6.54 Å². The molecule has 0 aliphatic heterocycles. The van der Waals surface area contributed by atoms with Gasteiger partial charge in [0, 0.05) is 13.7 Å². The van der Waals surface area contributed by atoms with Crippen LogP contribution in [0.25, 0.3) is 0 Å². The largest absolute Gasteiger partial charge is 0.478 e. The summed E-state index contributed by atoms with van der Waals surface area (Å²) >= 11 is 0. The van der Waals surface area contributed by atoms with Crippen LogP contribution in [0, 0.1) is 11.6 Å². The lowest BCUT2D eigenvalue weighted by molar-refractivity contribution is -0.0601. The number of carboxylic acids is 1. The van der Waals surface area contributed by atoms with E-state index in [0.717, 1.165) is 25.3 Å². The molecular weight excluding hydrogens is 256 g/mol. The van der Waals surface area contributed by atoms with Crippen LogP contribution in [-0.4, -0.2) is 30.3 Å². The van der Waals surface area contributed by atoms with Crippen molar-refractivity contribution in [1.29, 1.82) is 0 Å². The number of benzene rings is 1. The summed E-state index contributed by atoms with van der Waals surface area (Å²) in [6.45, 7) is 0.367. The second kappa shape index (κ2) is 5.13. The van der Waals surface area contributed by atoms with E-state index in [-0.39, 0.29) is 11.3 Å². The SMILES string of the molecule is COC1(CNc2ccc(C(=O)O)c(F)c2F)CCC1. The molecule has 1 aromatic rings. The molecule has 0 atom stereocenters. The van der Waals surface area contributed by atoms with Crippen LogP contribution in [0.1, 0.15) is 29.6 Å². The lowest BCUT2D eigenvalue weighted by atomic mass is 9.80. The smallest absolute Gasteiger partial charge is 0.338 e. The van der Waals surface area contributed by atoms with Crippen LogP contribution in [0.3, 0.4) is 0 Å². The van der Waals surface area contributed by atoms with E-state index in [4.69, 9.17) is 9.84 Å². The molecule has 1 saturated carbocycles. The number of ether oxygens (including phenoxy) is 1. The Morgan fingerprint density at radius 1 is 1.42 bits per heavy atom. The first kappa shape index (κ1) is 13.7. The zero-order chi connectivity index (χ0) is 14.0. The highest BCUT2D eigenvalue weighted by Gasteiger charge is 2.37. The highest BCUT2D eigenvalue weighted by molar-refractivity contribution is 5.88. The number of hydrogen-bond acceptors (Lipinski definition) is 3. The van der Waals surface area contributed by atoms with E-state index in [1.807, 2.05) is 0 Å². The fraction of sp³-hybridized carbons (Fsp3) is 0.462. The maximum absolute atomic E-state index is 13.7. The van der Waals surface area contributed by atoms with E-state index in [2.05, 4.69) is 5.32 Å². The quantitative estimate of drug-likeness (QED) is 0.864. The van der Waals surface area contributed by atoms with Crippen molar-refractivity contribution in [2.75, 3.05) is 19.0 Å². The lowest BCUT2D eigenvalue weighted by Crippen LogP contribution is -2.45. The molecule has 1 aliphatic rings. The van der Waals surface area contributed by atoms with Gasteiger partial charge in [-0.3, -0.25) is 0 Å². The normalized spacial score (nSPS) is 16.8. The molecular formula is C13H15F2NO3. The predicted molar refractivity (Wildman–Crippen MR) is 65.4 cm³/mol. The summed E-state index contributed by atoms with van der Waals surface area (Å²) in [5, 5.41) is 11.5. The topological polar surface area (TPSA) is 58.6 Å². The second-order valence-electron chi connectivity index (χ2n) is 4.69. The van der Waals surface area contributed by atoms with Gasteiger partial charge in [0.25, 0.3) is 0 Å². The number of nitrogens with one attached hydrogen (secondary N) is 1. The average molecular weight is 271 g/mol. The molecule has 0 heterocycles. The van der Waals surface area contributed by atoms with Gasteiger partial charge in [-0.2, -0.15) is 0 Å². The monoisotopic (exact) mass is 271 g/mol. The minimum absolute atomic E-state index is 0.0502. The van der Waals surface area contributed by atoms with Gasteiger partial charge in [0.05, 0.1) is 16.9 Å². The molecule has 0 spiro atoms. The van der Waals surface area contributed by atoms with Crippen molar-refractivity contribution in [3.63, 3.8) is 0 Å². The number of carboxylic acid groups (broad SMARTS) is 1. The van der Waals surface area contributed by atoms with Crippen molar-refractivity contribution >= 4 is 11.7 Å². The summed E-state index contributed by atoms with van der Waals surface area (Å²) < 4.78 is 32.5. The third kappa shape index (κ3) is 2.53. The van der Waals surface area contributed by atoms with Crippen LogP contribution in [0.2, 0.25) is 0 Å². The molecule has 1 aliphatic carbocycles. The summed E-state index contributed by atoms with van der Waals surface area (Å²) in [4.78, 5) is 10.7. The molecule has 0 aromatic heterocycles.